The molecule has 0 aliphatic carbocycles. The fourth-order valence-electron chi connectivity index (χ4n) is 1.76. The van der Waals surface area contributed by atoms with E-state index in [1.807, 2.05) is 13.0 Å². The molecule has 0 saturated carbocycles. The van der Waals surface area contributed by atoms with Crippen molar-refractivity contribution in [3.63, 3.8) is 0 Å². The van der Waals surface area contributed by atoms with Gasteiger partial charge in [0.1, 0.15) is 0 Å². The van der Waals surface area contributed by atoms with Gasteiger partial charge < -0.3 is 5.11 Å². The van der Waals surface area contributed by atoms with Crippen LogP contribution in [0.15, 0.2) is 24.3 Å². The molecule has 1 unspecified atom stereocenters. The summed E-state index contributed by atoms with van der Waals surface area (Å²) in [5.41, 5.74) is 0.454. The number of benzene rings is 1. The molecule has 4 heteroatoms. The molecule has 0 saturated heterocycles. The van der Waals surface area contributed by atoms with E-state index in [0.717, 1.165) is 5.56 Å². The molecular formula is C13H17F3O. The summed E-state index contributed by atoms with van der Waals surface area (Å²) in [6.07, 6.45) is -4.96. The lowest BCUT2D eigenvalue weighted by atomic mass is 9.89. The molecule has 0 aliphatic heterocycles. The third-order valence-corrected chi connectivity index (χ3v) is 2.76. The summed E-state index contributed by atoms with van der Waals surface area (Å²) in [6, 6.07) is 7.21. The van der Waals surface area contributed by atoms with Gasteiger partial charge in [0.2, 0.25) is 0 Å². The van der Waals surface area contributed by atoms with Crippen molar-refractivity contribution in [2.45, 2.75) is 44.9 Å². The predicted molar refractivity (Wildman–Crippen MR) is 60.7 cm³/mol. The van der Waals surface area contributed by atoms with Gasteiger partial charge in [-0.3, -0.25) is 0 Å². The molecule has 1 rings (SSSR count). The summed E-state index contributed by atoms with van der Waals surface area (Å²) < 4.78 is 36.0. The number of hydrogen-bond acceptors (Lipinski definition) is 1. The highest BCUT2D eigenvalue weighted by atomic mass is 19.4. The summed E-state index contributed by atoms with van der Waals surface area (Å²) in [5.74, 6) is 0. The Balaban J connectivity index is 2.62. The van der Waals surface area contributed by atoms with Crippen LogP contribution in [-0.2, 0) is 5.60 Å². The minimum atomic E-state index is -4.15. The third kappa shape index (κ3) is 4.77. The monoisotopic (exact) mass is 246 g/mol. The molecule has 1 nitrogen and oxygen atoms in total. The lowest BCUT2D eigenvalue weighted by Gasteiger charge is -2.24. The first-order valence-corrected chi connectivity index (χ1v) is 5.57. The topological polar surface area (TPSA) is 20.2 Å². The summed E-state index contributed by atoms with van der Waals surface area (Å²) in [6.45, 7) is 3.44. The maximum atomic E-state index is 12.0. The van der Waals surface area contributed by atoms with Crippen molar-refractivity contribution in [3.05, 3.63) is 35.4 Å². The molecule has 0 aromatic heterocycles. The van der Waals surface area contributed by atoms with Crippen molar-refractivity contribution in [1.82, 2.24) is 0 Å². The first kappa shape index (κ1) is 14.0. The van der Waals surface area contributed by atoms with E-state index in [4.69, 9.17) is 0 Å². The molecule has 0 heterocycles. The fraction of sp³-hybridized carbons (Fsp3) is 0.538. The summed E-state index contributed by atoms with van der Waals surface area (Å²) in [7, 11) is 0. The molecule has 0 spiro atoms. The lowest BCUT2D eigenvalue weighted by molar-refractivity contribution is -0.137. The number of aryl methyl sites for hydroxylation is 1. The van der Waals surface area contributed by atoms with E-state index in [2.05, 4.69) is 0 Å². The second-order valence-corrected chi connectivity index (χ2v) is 4.61. The zero-order valence-corrected chi connectivity index (χ0v) is 10.0. The minimum absolute atomic E-state index is 0.0650. The molecule has 17 heavy (non-hydrogen) atoms. The van der Waals surface area contributed by atoms with Crippen molar-refractivity contribution in [2.75, 3.05) is 0 Å². The van der Waals surface area contributed by atoms with Crippen molar-refractivity contribution >= 4 is 0 Å². The van der Waals surface area contributed by atoms with Crippen LogP contribution in [0.5, 0.6) is 0 Å². The van der Waals surface area contributed by atoms with Crippen LogP contribution < -0.4 is 0 Å². The predicted octanol–water partition coefficient (Wildman–Crippen LogP) is 3.94. The molecule has 1 aromatic rings. The molecule has 0 amide bonds. The normalized spacial score (nSPS) is 15.6. The Labute approximate surface area is 99.3 Å². The number of halogens is 3. The number of alkyl halides is 3. The Morgan fingerprint density at radius 2 is 1.82 bits per heavy atom. The highest BCUT2D eigenvalue weighted by molar-refractivity contribution is 5.26. The van der Waals surface area contributed by atoms with Gasteiger partial charge in [-0.25, -0.2) is 0 Å². The van der Waals surface area contributed by atoms with Crippen LogP contribution in [0.3, 0.4) is 0 Å². The largest absolute Gasteiger partial charge is 0.389 e. The Bertz CT molecular complexity index is 369. The molecule has 96 valence electrons. The lowest BCUT2D eigenvalue weighted by Crippen LogP contribution is -2.22. The molecule has 0 aliphatic rings. The van der Waals surface area contributed by atoms with Gasteiger partial charge >= 0.3 is 6.18 Å². The standard InChI is InChI=1S/C13H17F3O/c1-10-5-3-6-11(9-10)12(2,17)7-4-8-13(14,15)16/h3,5-6,9,17H,4,7-8H2,1-2H3. The summed E-state index contributed by atoms with van der Waals surface area (Å²) >= 11 is 0. The smallest absolute Gasteiger partial charge is 0.385 e. The van der Waals surface area contributed by atoms with E-state index in [1.54, 1.807) is 25.1 Å². The van der Waals surface area contributed by atoms with Gasteiger partial charge in [-0.15, -0.1) is 0 Å². The van der Waals surface area contributed by atoms with Gasteiger partial charge in [0.25, 0.3) is 0 Å². The van der Waals surface area contributed by atoms with E-state index in [0.29, 0.717) is 5.56 Å². The van der Waals surface area contributed by atoms with Crippen LogP contribution >= 0.6 is 0 Å². The number of hydrogen-bond donors (Lipinski definition) is 1. The molecule has 1 aromatic carbocycles. The zero-order chi connectivity index (χ0) is 13.1. The van der Waals surface area contributed by atoms with Crippen molar-refractivity contribution in [2.24, 2.45) is 0 Å². The molecular weight excluding hydrogens is 229 g/mol. The first-order chi connectivity index (χ1) is 7.71. The summed E-state index contributed by atoms with van der Waals surface area (Å²) in [5, 5.41) is 10.1. The highest BCUT2D eigenvalue weighted by Gasteiger charge is 2.29. The number of rotatable bonds is 4. The van der Waals surface area contributed by atoms with Crippen LogP contribution in [0, 0.1) is 6.92 Å². The van der Waals surface area contributed by atoms with E-state index >= 15 is 0 Å². The fourth-order valence-corrected chi connectivity index (χ4v) is 1.76. The zero-order valence-electron chi connectivity index (χ0n) is 10.0. The first-order valence-electron chi connectivity index (χ1n) is 5.57. The van der Waals surface area contributed by atoms with Gasteiger partial charge in [0.15, 0.2) is 0 Å². The van der Waals surface area contributed by atoms with Crippen molar-refractivity contribution in [1.29, 1.82) is 0 Å². The van der Waals surface area contributed by atoms with Crippen LogP contribution in [-0.4, -0.2) is 11.3 Å². The van der Waals surface area contributed by atoms with E-state index < -0.39 is 18.2 Å². The van der Waals surface area contributed by atoms with Crippen molar-refractivity contribution in [3.8, 4) is 0 Å². The molecule has 0 bridgehead atoms. The maximum Gasteiger partial charge on any atom is 0.389 e. The molecule has 0 radical (unpaired) electrons. The van der Waals surface area contributed by atoms with E-state index in [1.165, 1.54) is 0 Å². The van der Waals surface area contributed by atoms with Crippen molar-refractivity contribution < 1.29 is 18.3 Å². The summed E-state index contributed by atoms with van der Waals surface area (Å²) in [4.78, 5) is 0. The maximum absolute atomic E-state index is 12.0. The van der Waals surface area contributed by atoms with E-state index in [-0.39, 0.29) is 12.8 Å². The second-order valence-electron chi connectivity index (χ2n) is 4.61. The average Bonchev–Trinajstić information content (AvgIpc) is 2.15. The van der Waals surface area contributed by atoms with Gasteiger partial charge in [-0.2, -0.15) is 13.2 Å². The second kappa shape index (κ2) is 5.08. The quantitative estimate of drug-likeness (QED) is 0.853. The van der Waals surface area contributed by atoms with E-state index in [9.17, 15) is 18.3 Å². The van der Waals surface area contributed by atoms with Gasteiger partial charge in [0, 0.05) is 6.42 Å². The SMILES string of the molecule is Cc1cccc(C(C)(O)CCCC(F)(F)F)c1. The number of aliphatic hydroxyl groups is 1. The van der Waals surface area contributed by atoms with Crippen LogP contribution in [0.2, 0.25) is 0 Å². The van der Waals surface area contributed by atoms with Crippen LogP contribution in [0.1, 0.15) is 37.3 Å². The van der Waals surface area contributed by atoms with Gasteiger partial charge in [-0.1, -0.05) is 29.8 Å². The van der Waals surface area contributed by atoms with Gasteiger partial charge in [0.05, 0.1) is 5.60 Å². The molecule has 0 fully saturated rings. The Morgan fingerprint density at radius 3 is 2.35 bits per heavy atom. The molecule has 1 N–H and O–H groups in total. The van der Waals surface area contributed by atoms with Gasteiger partial charge in [-0.05, 0) is 32.3 Å². The molecule has 1 atom stereocenters. The third-order valence-electron chi connectivity index (χ3n) is 2.76. The Kier molecular flexibility index (Phi) is 4.20. The average molecular weight is 246 g/mol. The Morgan fingerprint density at radius 1 is 1.18 bits per heavy atom. The minimum Gasteiger partial charge on any atom is -0.385 e. The highest BCUT2D eigenvalue weighted by Crippen LogP contribution is 2.30. The van der Waals surface area contributed by atoms with Crippen LogP contribution in [0.4, 0.5) is 13.2 Å². The Hall–Kier alpha value is -1.03. The van der Waals surface area contributed by atoms with Crippen LogP contribution in [0.25, 0.3) is 0 Å².